The van der Waals surface area contributed by atoms with Crippen LogP contribution in [0.4, 0.5) is 5.69 Å². The molecule has 0 saturated carbocycles. The van der Waals surface area contributed by atoms with Gasteiger partial charge in [-0.15, -0.1) is 0 Å². The van der Waals surface area contributed by atoms with E-state index >= 15 is 0 Å². The fourth-order valence-corrected chi connectivity index (χ4v) is 6.03. The minimum Gasteiger partial charge on any atom is -0.497 e. The van der Waals surface area contributed by atoms with Gasteiger partial charge in [0.1, 0.15) is 18.3 Å². The summed E-state index contributed by atoms with van der Waals surface area (Å²) in [5.41, 5.74) is 2.91. The Balaban J connectivity index is 2.10. The van der Waals surface area contributed by atoms with Crippen LogP contribution in [0.5, 0.6) is 5.75 Å². The highest BCUT2D eigenvalue weighted by Gasteiger charge is 2.34. The van der Waals surface area contributed by atoms with Crippen molar-refractivity contribution < 1.29 is 22.7 Å². The summed E-state index contributed by atoms with van der Waals surface area (Å²) in [6.07, 6.45) is 0.937. The van der Waals surface area contributed by atoms with Gasteiger partial charge in [0.25, 0.3) is 10.0 Å². The first-order valence-electron chi connectivity index (χ1n) is 13.5. The zero-order chi connectivity index (χ0) is 29.3. The zero-order valence-electron chi connectivity index (χ0n) is 23.9. The first kappa shape index (κ1) is 30.7. The van der Waals surface area contributed by atoms with E-state index in [0.29, 0.717) is 30.8 Å². The van der Waals surface area contributed by atoms with E-state index in [4.69, 9.17) is 4.74 Å². The van der Waals surface area contributed by atoms with Gasteiger partial charge in [0.15, 0.2) is 0 Å². The Morgan fingerprint density at radius 2 is 1.65 bits per heavy atom. The second kappa shape index (κ2) is 14.0. The van der Waals surface area contributed by atoms with Crippen LogP contribution in [-0.4, -0.2) is 51.4 Å². The summed E-state index contributed by atoms with van der Waals surface area (Å²) in [5, 5.41) is 2.82. The van der Waals surface area contributed by atoms with Crippen molar-refractivity contribution in [2.24, 2.45) is 0 Å². The molecule has 3 rings (SSSR count). The lowest BCUT2D eigenvalue weighted by Gasteiger charge is -2.33. The highest BCUT2D eigenvalue weighted by atomic mass is 32.2. The summed E-state index contributed by atoms with van der Waals surface area (Å²) in [5.74, 6) is -0.151. The van der Waals surface area contributed by atoms with E-state index in [1.165, 1.54) is 9.21 Å². The number of carbonyl (C=O) groups is 2. The van der Waals surface area contributed by atoms with E-state index in [1.807, 2.05) is 52.0 Å². The van der Waals surface area contributed by atoms with Crippen LogP contribution in [0, 0.1) is 6.92 Å². The number of sulfonamides is 1. The van der Waals surface area contributed by atoms with Crippen molar-refractivity contribution in [2.75, 3.05) is 24.5 Å². The third-order valence-corrected chi connectivity index (χ3v) is 8.53. The Bertz CT molecular complexity index is 1410. The minimum atomic E-state index is -4.11. The molecule has 0 aromatic heterocycles. The number of anilines is 1. The third kappa shape index (κ3) is 7.21. The van der Waals surface area contributed by atoms with Crippen molar-refractivity contribution in [1.82, 2.24) is 10.2 Å². The van der Waals surface area contributed by atoms with Crippen molar-refractivity contribution in [3.8, 4) is 5.75 Å². The van der Waals surface area contributed by atoms with Crippen LogP contribution in [-0.2, 0) is 32.6 Å². The molecule has 8 nitrogen and oxygen atoms in total. The second-order valence-electron chi connectivity index (χ2n) is 9.50. The van der Waals surface area contributed by atoms with Gasteiger partial charge < -0.3 is 15.0 Å². The molecule has 0 aliphatic heterocycles. The molecular weight excluding hydrogens is 526 g/mol. The number of aryl methyl sites for hydroxylation is 2. The van der Waals surface area contributed by atoms with Crippen LogP contribution in [0.1, 0.15) is 43.9 Å². The van der Waals surface area contributed by atoms with Crippen LogP contribution in [0.15, 0.2) is 77.7 Å². The summed E-state index contributed by atoms with van der Waals surface area (Å²) >= 11 is 0. The number of hydrogen-bond donors (Lipinski definition) is 1. The quantitative estimate of drug-likeness (QED) is 0.324. The number of rotatable bonds is 13. The lowest BCUT2D eigenvalue weighted by atomic mass is 10.1. The van der Waals surface area contributed by atoms with E-state index in [1.54, 1.807) is 55.6 Å². The number of likely N-dealkylation sites (N-methyl/N-ethyl adjacent to an activating group) is 1. The van der Waals surface area contributed by atoms with Crippen molar-refractivity contribution in [1.29, 1.82) is 0 Å². The molecule has 0 radical (unpaired) electrons. The molecule has 0 aliphatic rings. The second-order valence-corrected chi connectivity index (χ2v) is 11.4. The van der Waals surface area contributed by atoms with E-state index in [0.717, 1.165) is 16.7 Å². The Morgan fingerprint density at radius 3 is 2.27 bits per heavy atom. The number of ether oxygens (including phenoxy) is 1. The van der Waals surface area contributed by atoms with Crippen LogP contribution in [0.25, 0.3) is 0 Å². The number of carbonyl (C=O) groups excluding carboxylic acids is 2. The number of amides is 2. The molecule has 0 saturated heterocycles. The monoisotopic (exact) mass is 565 g/mol. The fourth-order valence-electron chi connectivity index (χ4n) is 4.58. The molecule has 3 aromatic carbocycles. The average Bonchev–Trinajstić information content (AvgIpc) is 2.96. The number of methoxy groups -OCH3 is 1. The van der Waals surface area contributed by atoms with Crippen molar-refractivity contribution in [3.05, 3.63) is 89.5 Å². The molecule has 0 heterocycles. The van der Waals surface area contributed by atoms with Crippen LogP contribution in [0.2, 0.25) is 0 Å². The molecule has 0 spiro atoms. The Hall–Kier alpha value is -3.85. The van der Waals surface area contributed by atoms with E-state index in [2.05, 4.69) is 5.32 Å². The third-order valence-electron chi connectivity index (χ3n) is 6.75. The Labute approximate surface area is 238 Å². The highest BCUT2D eigenvalue weighted by molar-refractivity contribution is 7.92. The van der Waals surface area contributed by atoms with Gasteiger partial charge in [0, 0.05) is 13.1 Å². The van der Waals surface area contributed by atoms with Gasteiger partial charge in [-0.25, -0.2) is 8.42 Å². The van der Waals surface area contributed by atoms with Crippen LogP contribution >= 0.6 is 0 Å². The smallest absolute Gasteiger partial charge is 0.264 e. The van der Waals surface area contributed by atoms with E-state index in [-0.39, 0.29) is 17.3 Å². The van der Waals surface area contributed by atoms with Crippen molar-refractivity contribution in [3.63, 3.8) is 0 Å². The number of para-hydroxylation sites is 1. The van der Waals surface area contributed by atoms with E-state index < -0.39 is 28.5 Å². The SMILES string of the molecule is CCNC(=O)[C@@H](CC)N(Cc1cccc(OC)c1)C(=O)CN(c1ccccc1CC)S(=O)(=O)c1ccc(C)cc1. The molecule has 40 heavy (non-hydrogen) atoms. The first-order valence-corrected chi connectivity index (χ1v) is 15.0. The summed E-state index contributed by atoms with van der Waals surface area (Å²) in [6.45, 7) is 7.53. The molecule has 1 N–H and O–H groups in total. The van der Waals surface area contributed by atoms with Gasteiger partial charge in [0.2, 0.25) is 11.8 Å². The van der Waals surface area contributed by atoms with Crippen molar-refractivity contribution >= 4 is 27.5 Å². The Morgan fingerprint density at radius 1 is 0.950 bits per heavy atom. The fraction of sp³-hybridized carbons (Fsp3) is 0.355. The molecule has 0 aliphatic carbocycles. The molecule has 9 heteroatoms. The Kier molecular flexibility index (Phi) is 10.7. The predicted molar refractivity (Wildman–Crippen MR) is 158 cm³/mol. The van der Waals surface area contributed by atoms with Crippen LogP contribution < -0.4 is 14.4 Å². The van der Waals surface area contributed by atoms with Gasteiger partial charge in [-0.05, 0) is 68.1 Å². The normalized spacial score (nSPS) is 11.9. The topological polar surface area (TPSA) is 96.0 Å². The average molecular weight is 566 g/mol. The standard InChI is InChI=1S/C31H39N3O5S/c1-6-25-13-9-10-15-29(25)34(40(37,38)27-18-16-23(4)17-19-27)22-30(35)33(28(7-2)31(36)32-8-3)21-24-12-11-14-26(20-24)39-5/h9-20,28H,6-8,21-22H2,1-5H3,(H,32,36)/t28-/m1/s1. The first-order chi connectivity index (χ1) is 19.2. The van der Waals surface area contributed by atoms with Crippen molar-refractivity contribution in [2.45, 2.75) is 58.0 Å². The molecular formula is C31H39N3O5S. The number of nitrogens with one attached hydrogen (secondary N) is 1. The summed E-state index contributed by atoms with van der Waals surface area (Å²) in [7, 11) is -2.55. The highest BCUT2D eigenvalue weighted by Crippen LogP contribution is 2.28. The molecule has 0 unspecified atom stereocenters. The van der Waals surface area contributed by atoms with Gasteiger partial charge in [0.05, 0.1) is 17.7 Å². The van der Waals surface area contributed by atoms with Gasteiger partial charge in [-0.1, -0.05) is 61.9 Å². The predicted octanol–water partition coefficient (Wildman–Crippen LogP) is 4.70. The maximum absolute atomic E-state index is 14.1. The maximum atomic E-state index is 14.1. The molecule has 2 amide bonds. The van der Waals surface area contributed by atoms with E-state index in [9.17, 15) is 18.0 Å². The van der Waals surface area contributed by atoms with Gasteiger partial charge >= 0.3 is 0 Å². The zero-order valence-corrected chi connectivity index (χ0v) is 24.7. The molecule has 0 fully saturated rings. The molecule has 0 bridgehead atoms. The number of hydrogen-bond acceptors (Lipinski definition) is 5. The summed E-state index contributed by atoms with van der Waals surface area (Å²) < 4.78 is 34.6. The van der Waals surface area contributed by atoms with Gasteiger partial charge in [-0.3, -0.25) is 13.9 Å². The minimum absolute atomic E-state index is 0.0897. The largest absolute Gasteiger partial charge is 0.497 e. The number of benzene rings is 3. The lowest BCUT2D eigenvalue weighted by molar-refractivity contribution is -0.140. The van der Waals surface area contributed by atoms with Crippen LogP contribution in [0.3, 0.4) is 0 Å². The maximum Gasteiger partial charge on any atom is 0.264 e. The summed E-state index contributed by atoms with van der Waals surface area (Å²) in [4.78, 5) is 28.8. The molecule has 214 valence electrons. The lowest BCUT2D eigenvalue weighted by Crippen LogP contribution is -2.52. The molecule has 1 atom stereocenters. The number of nitrogens with zero attached hydrogens (tertiary/aromatic N) is 2. The molecule has 3 aromatic rings. The van der Waals surface area contributed by atoms with Gasteiger partial charge in [-0.2, -0.15) is 0 Å². The summed E-state index contributed by atoms with van der Waals surface area (Å²) in [6, 6.07) is 20.2.